The van der Waals surface area contributed by atoms with E-state index in [9.17, 15) is 13.2 Å². The molecule has 1 atom stereocenters. The summed E-state index contributed by atoms with van der Waals surface area (Å²) >= 11 is 0. The van der Waals surface area contributed by atoms with Crippen molar-refractivity contribution >= 4 is 0 Å². The lowest BCUT2D eigenvalue weighted by Gasteiger charge is -2.18. The Morgan fingerprint density at radius 1 is 0.952 bits per heavy atom. The van der Waals surface area contributed by atoms with E-state index in [1.165, 1.54) is 30.3 Å². The van der Waals surface area contributed by atoms with Crippen LogP contribution in [0.3, 0.4) is 0 Å². The first kappa shape index (κ1) is 15.6. The third-order valence-electron chi connectivity index (χ3n) is 3.49. The van der Waals surface area contributed by atoms with E-state index >= 15 is 0 Å². The van der Waals surface area contributed by atoms with Crippen molar-refractivity contribution in [1.82, 2.24) is 5.32 Å². The fourth-order valence-corrected chi connectivity index (χ4v) is 2.34. The third kappa shape index (κ3) is 4.08. The summed E-state index contributed by atoms with van der Waals surface area (Å²) < 4.78 is 40.6. The van der Waals surface area contributed by atoms with Crippen LogP contribution in [-0.2, 0) is 6.42 Å². The van der Waals surface area contributed by atoms with Crippen LogP contribution in [0.2, 0.25) is 0 Å². The molecule has 0 aliphatic carbocycles. The van der Waals surface area contributed by atoms with Crippen molar-refractivity contribution in [3.63, 3.8) is 0 Å². The van der Waals surface area contributed by atoms with E-state index in [4.69, 9.17) is 0 Å². The first-order valence-electron chi connectivity index (χ1n) is 7.01. The van der Waals surface area contributed by atoms with Gasteiger partial charge in [-0.1, -0.05) is 25.1 Å². The Hall–Kier alpha value is -1.81. The van der Waals surface area contributed by atoms with Gasteiger partial charge in [-0.15, -0.1) is 0 Å². The number of hydrogen-bond acceptors (Lipinski definition) is 1. The van der Waals surface area contributed by atoms with Crippen LogP contribution in [0.5, 0.6) is 0 Å². The lowest BCUT2D eigenvalue weighted by Crippen LogP contribution is -2.23. The van der Waals surface area contributed by atoms with Gasteiger partial charge in [0.1, 0.15) is 17.5 Å². The van der Waals surface area contributed by atoms with Gasteiger partial charge < -0.3 is 5.32 Å². The van der Waals surface area contributed by atoms with Crippen LogP contribution in [-0.4, -0.2) is 13.1 Å². The number of rotatable bonds is 6. The molecule has 0 saturated carbocycles. The molecule has 21 heavy (non-hydrogen) atoms. The molecule has 112 valence electrons. The third-order valence-corrected chi connectivity index (χ3v) is 3.49. The molecule has 0 amide bonds. The molecular formula is C17H18F3N. The van der Waals surface area contributed by atoms with Crippen molar-refractivity contribution in [2.75, 3.05) is 13.1 Å². The molecule has 4 heteroatoms. The standard InChI is InChI=1S/C17H18F3N/c1-2-21-11-13(12-6-8-14(18)9-7-12)10-15-16(19)4-3-5-17(15)20/h3-9,13,21H,2,10-11H2,1H3. The molecule has 0 spiro atoms. The van der Waals surface area contributed by atoms with Crippen LogP contribution >= 0.6 is 0 Å². The lowest BCUT2D eigenvalue weighted by molar-refractivity contribution is 0.522. The van der Waals surface area contributed by atoms with Gasteiger partial charge in [-0.3, -0.25) is 0 Å². The van der Waals surface area contributed by atoms with Crippen molar-refractivity contribution in [2.45, 2.75) is 19.3 Å². The molecule has 2 aromatic carbocycles. The molecule has 1 nitrogen and oxygen atoms in total. The van der Waals surface area contributed by atoms with E-state index in [1.807, 2.05) is 6.92 Å². The summed E-state index contributed by atoms with van der Waals surface area (Å²) in [5, 5.41) is 3.18. The summed E-state index contributed by atoms with van der Waals surface area (Å²) in [7, 11) is 0. The van der Waals surface area contributed by atoms with Crippen LogP contribution in [0.1, 0.15) is 24.0 Å². The first-order valence-corrected chi connectivity index (χ1v) is 7.01. The number of halogens is 3. The normalized spacial score (nSPS) is 12.4. The molecule has 0 radical (unpaired) electrons. The van der Waals surface area contributed by atoms with Gasteiger partial charge >= 0.3 is 0 Å². The van der Waals surface area contributed by atoms with Gasteiger partial charge in [0, 0.05) is 18.0 Å². The second-order valence-electron chi connectivity index (χ2n) is 4.96. The minimum absolute atomic E-state index is 0.0738. The predicted molar refractivity (Wildman–Crippen MR) is 77.7 cm³/mol. The highest BCUT2D eigenvalue weighted by Gasteiger charge is 2.17. The molecule has 0 bridgehead atoms. The molecule has 2 aromatic rings. The smallest absolute Gasteiger partial charge is 0.129 e. The minimum atomic E-state index is -0.543. The van der Waals surface area contributed by atoms with Gasteiger partial charge in [-0.05, 0) is 42.8 Å². The quantitative estimate of drug-likeness (QED) is 0.847. The van der Waals surface area contributed by atoms with Gasteiger partial charge in [0.15, 0.2) is 0 Å². The Morgan fingerprint density at radius 2 is 1.57 bits per heavy atom. The molecule has 1 unspecified atom stereocenters. The molecule has 0 saturated heterocycles. The van der Waals surface area contributed by atoms with Crippen molar-refractivity contribution in [3.8, 4) is 0 Å². The van der Waals surface area contributed by atoms with E-state index < -0.39 is 11.6 Å². The fourth-order valence-electron chi connectivity index (χ4n) is 2.34. The largest absolute Gasteiger partial charge is 0.316 e. The Balaban J connectivity index is 2.26. The Kier molecular flexibility index (Phi) is 5.39. The van der Waals surface area contributed by atoms with Crippen molar-refractivity contribution < 1.29 is 13.2 Å². The molecule has 0 aromatic heterocycles. The highest BCUT2D eigenvalue weighted by atomic mass is 19.1. The molecule has 0 fully saturated rings. The highest BCUT2D eigenvalue weighted by molar-refractivity contribution is 5.27. The van der Waals surface area contributed by atoms with E-state index in [1.54, 1.807) is 12.1 Å². The number of hydrogen-bond donors (Lipinski definition) is 1. The summed E-state index contributed by atoms with van der Waals surface area (Å²) in [5.74, 6) is -1.52. The Labute approximate surface area is 122 Å². The van der Waals surface area contributed by atoms with Gasteiger partial charge in [0.05, 0.1) is 0 Å². The van der Waals surface area contributed by atoms with E-state index in [0.29, 0.717) is 6.54 Å². The highest BCUT2D eigenvalue weighted by Crippen LogP contribution is 2.24. The Bertz CT molecular complexity index is 561. The van der Waals surface area contributed by atoms with Gasteiger partial charge in [0.2, 0.25) is 0 Å². The van der Waals surface area contributed by atoms with Crippen LogP contribution < -0.4 is 5.32 Å². The number of nitrogens with one attached hydrogen (secondary N) is 1. The summed E-state index contributed by atoms with van der Waals surface area (Å²) in [6.45, 7) is 3.30. The SMILES string of the molecule is CCNCC(Cc1c(F)cccc1F)c1ccc(F)cc1. The van der Waals surface area contributed by atoms with Crippen molar-refractivity contribution in [1.29, 1.82) is 0 Å². The summed E-state index contributed by atoms with van der Waals surface area (Å²) in [6.07, 6.45) is 0.233. The van der Waals surface area contributed by atoms with Gasteiger partial charge in [0.25, 0.3) is 0 Å². The van der Waals surface area contributed by atoms with E-state index in [-0.39, 0.29) is 23.7 Å². The maximum absolute atomic E-state index is 13.8. The molecular weight excluding hydrogens is 275 g/mol. The molecule has 2 rings (SSSR count). The lowest BCUT2D eigenvalue weighted by atomic mass is 9.91. The number of benzene rings is 2. The van der Waals surface area contributed by atoms with Gasteiger partial charge in [-0.25, -0.2) is 13.2 Å². The van der Waals surface area contributed by atoms with Gasteiger partial charge in [-0.2, -0.15) is 0 Å². The predicted octanol–water partition coefficient (Wildman–Crippen LogP) is 4.04. The summed E-state index contributed by atoms with van der Waals surface area (Å²) in [6, 6.07) is 9.93. The van der Waals surface area contributed by atoms with E-state index in [0.717, 1.165) is 12.1 Å². The summed E-state index contributed by atoms with van der Waals surface area (Å²) in [5.41, 5.74) is 0.935. The fraction of sp³-hybridized carbons (Fsp3) is 0.294. The second-order valence-corrected chi connectivity index (χ2v) is 4.96. The average molecular weight is 293 g/mol. The number of likely N-dealkylation sites (N-methyl/N-ethyl adjacent to an activating group) is 1. The molecule has 0 aliphatic rings. The van der Waals surface area contributed by atoms with Crippen LogP contribution in [0.15, 0.2) is 42.5 Å². The zero-order chi connectivity index (χ0) is 15.2. The monoisotopic (exact) mass is 293 g/mol. The van der Waals surface area contributed by atoms with E-state index in [2.05, 4.69) is 5.32 Å². The average Bonchev–Trinajstić information content (AvgIpc) is 2.47. The molecule has 0 heterocycles. The Morgan fingerprint density at radius 3 is 2.14 bits per heavy atom. The summed E-state index contributed by atoms with van der Waals surface area (Å²) in [4.78, 5) is 0. The maximum atomic E-state index is 13.8. The maximum Gasteiger partial charge on any atom is 0.129 e. The zero-order valence-electron chi connectivity index (χ0n) is 11.9. The van der Waals surface area contributed by atoms with Crippen LogP contribution in [0.25, 0.3) is 0 Å². The van der Waals surface area contributed by atoms with Crippen molar-refractivity contribution in [3.05, 3.63) is 71.0 Å². The minimum Gasteiger partial charge on any atom is -0.316 e. The zero-order valence-corrected chi connectivity index (χ0v) is 11.9. The van der Waals surface area contributed by atoms with Crippen LogP contribution in [0.4, 0.5) is 13.2 Å². The topological polar surface area (TPSA) is 12.0 Å². The molecule has 0 aliphatic heterocycles. The van der Waals surface area contributed by atoms with Crippen LogP contribution in [0, 0.1) is 17.5 Å². The molecule has 1 N–H and O–H groups in total. The first-order chi connectivity index (χ1) is 10.1. The van der Waals surface area contributed by atoms with Crippen molar-refractivity contribution in [2.24, 2.45) is 0 Å². The second kappa shape index (κ2) is 7.27.